The van der Waals surface area contributed by atoms with Crippen LogP contribution in [0.1, 0.15) is 35.1 Å². The molecular formula is C18H24IN3O2. The first-order chi connectivity index (χ1) is 11.2. The minimum atomic E-state index is 0. The van der Waals surface area contributed by atoms with Crippen molar-refractivity contribution in [2.24, 2.45) is 4.99 Å². The van der Waals surface area contributed by atoms with E-state index in [-0.39, 0.29) is 30.0 Å². The van der Waals surface area contributed by atoms with E-state index in [1.807, 2.05) is 32.0 Å². The van der Waals surface area contributed by atoms with Crippen molar-refractivity contribution < 1.29 is 9.15 Å². The van der Waals surface area contributed by atoms with Gasteiger partial charge in [0.05, 0.1) is 12.6 Å². The van der Waals surface area contributed by atoms with Gasteiger partial charge in [-0.2, -0.15) is 0 Å². The molecule has 1 aromatic carbocycles. The minimum Gasteiger partial charge on any atom is -0.493 e. The number of halogens is 1. The van der Waals surface area contributed by atoms with E-state index < -0.39 is 0 Å². The fraction of sp³-hybridized carbons (Fsp3) is 0.389. The summed E-state index contributed by atoms with van der Waals surface area (Å²) in [6.07, 6.45) is 0.918. The SMILES string of the molecule is CN=C(NCc1cc(C)oc1C)NC1CCOc2ccccc21.I. The number of hydrogen-bond donors (Lipinski definition) is 2. The maximum absolute atomic E-state index is 5.70. The topological polar surface area (TPSA) is 58.8 Å². The zero-order chi connectivity index (χ0) is 16.2. The number of nitrogens with one attached hydrogen (secondary N) is 2. The van der Waals surface area contributed by atoms with Gasteiger partial charge in [0.25, 0.3) is 0 Å². The van der Waals surface area contributed by atoms with Crippen LogP contribution in [-0.2, 0) is 6.54 Å². The summed E-state index contributed by atoms with van der Waals surface area (Å²) in [4.78, 5) is 4.33. The van der Waals surface area contributed by atoms with Gasteiger partial charge >= 0.3 is 0 Å². The van der Waals surface area contributed by atoms with Gasteiger partial charge in [-0.1, -0.05) is 18.2 Å². The first kappa shape index (κ1) is 18.6. The van der Waals surface area contributed by atoms with Gasteiger partial charge in [0, 0.05) is 31.1 Å². The first-order valence-electron chi connectivity index (χ1n) is 7.92. The van der Waals surface area contributed by atoms with Crippen LogP contribution in [0.3, 0.4) is 0 Å². The van der Waals surface area contributed by atoms with Gasteiger partial charge in [-0.15, -0.1) is 24.0 Å². The lowest BCUT2D eigenvalue weighted by Gasteiger charge is -2.28. The van der Waals surface area contributed by atoms with Crippen LogP contribution in [-0.4, -0.2) is 19.6 Å². The summed E-state index contributed by atoms with van der Waals surface area (Å²) >= 11 is 0. The van der Waals surface area contributed by atoms with E-state index >= 15 is 0 Å². The Morgan fingerprint density at radius 2 is 2.08 bits per heavy atom. The highest BCUT2D eigenvalue weighted by Gasteiger charge is 2.21. The van der Waals surface area contributed by atoms with Gasteiger partial charge in [0.15, 0.2) is 5.96 Å². The lowest BCUT2D eigenvalue weighted by atomic mass is 10.0. The molecule has 1 aliphatic rings. The van der Waals surface area contributed by atoms with Crippen molar-refractivity contribution in [1.29, 1.82) is 0 Å². The molecule has 0 aliphatic carbocycles. The largest absolute Gasteiger partial charge is 0.493 e. The number of guanidine groups is 1. The number of aryl methyl sites for hydroxylation is 2. The van der Waals surface area contributed by atoms with E-state index in [9.17, 15) is 0 Å². The Balaban J connectivity index is 0.00000208. The minimum absolute atomic E-state index is 0. The third-order valence-corrected chi connectivity index (χ3v) is 4.08. The molecule has 0 amide bonds. The molecule has 24 heavy (non-hydrogen) atoms. The van der Waals surface area contributed by atoms with Crippen molar-refractivity contribution in [3.8, 4) is 5.75 Å². The smallest absolute Gasteiger partial charge is 0.191 e. The average Bonchev–Trinajstić information content (AvgIpc) is 2.89. The van der Waals surface area contributed by atoms with Crippen LogP contribution in [0.2, 0.25) is 0 Å². The van der Waals surface area contributed by atoms with Crippen molar-refractivity contribution in [1.82, 2.24) is 10.6 Å². The summed E-state index contributed by atoms with van der Waals surface area (Å²) in [6.45, 7) is 5.34. The summed E-state index contributed by atoms with van der Waals surface area (Å²) in [5.41, 5.74) is 2.33. The summed E-state index contributed by atoms with van der Waals surface area (Å²) in [7, 11) is 1.79. The molecule has 2 N–H and O–H groups in total. The molecule has 0 spiro atoms. The lowest BCUT2D eigenvalue weighted by molar-refractivity contribution is 0.261. The Kier molecular flexibility index (Phi) is 6.53. The van der Waals surface area contributed by atoms with E-state index in [1.54, 1.807) is 7.05 Å². The quantitative estimate of drug-likeness (QED) is 0.433. The van der Waals surface area contributed by atoms with Gasteiger partial charge < -0.3 is 19.8 Å². The van der Waals surface area contributed by atoms with Crippen LogP contribution in [0.15, 0.2) is 39.7 Å². The van der Waals surface area contributed by atoms with Crippen molar-refractivity contribution in [2.45, 2.75) is 32.9 Å². The molecule has 2 aromatic rings. The third kappa shape index (κ3) is 4.23. The number of furan rings is 1. The Morgan fingerprint density at radius 1 is 1.29 bits per heavy atom. The van der Waals surface area contributed by atoms with Crippen molar-refractivity contribution in [3.63, 3.8) is 0 Å². The summed E-state index contributed by atoms with van der Waals surface area (Å²) in [6, 6.07) is 10.4. The highest BCUT2D eigenvalue weighted by Crippen LogP contribution is 2.31. The molecule has 1 aromatic heterocycles. The second-order valence-electron chi connectivity index (χ2n) is 5.74. The number of para-hydroxylation sites is 1. The Hall–Kier alpha value is -1.70. The van der Waals surface area contributed by atoms with E-state index in [0.29, 0.717) is 13.2 Å². The molecule has 1 atom stereocenters. The maximum atomic E-state index is 5.70. The van der Waals surface area contributed by atoms with Crippen molar-refractivity contribution >= 4 is 29.9 Å². The fourth-order valence-electron chi connectivity index (χ4n) is 2.89. The van der Waals surface area contributed by atoms with Gasteiger partial charge in [0.2, 0.25) is 0 Å². The standard InChI is InChI=1S/C18H23N3O2.HI/c1-12-10-14(13(2)23-12)11-20-18(19-3)21-16-8-9-22-17-7-5-4-6-15(16)17;/h4-7,10,16H,8-9,11H2,1-3H3,(H2,19,20,21);1H. The maximum Gasteiger partial charge on any atom is 0.191 e. The second-order valence-corrected chi connectivity index (χ2v) is 5.74. The number of hydrogen-bond acceptors (Lipinski definition) is 3. The van der Waals surface area contributed by atoms with E-state index in [4.69, 9.17) is 9.15 Å². The molecule has 1 aliphatic heterocycles. The van der Waals surface area contributed by atoms with E-state index in [0.717, 1.165) is 35.2 Å². The average molecular weight is 441 g/mol. The van der Waals surface area contributed by atoms with Crippen LogP contribution in [0.25, 0.3) is 0 Å². The molecule has 0 saturated heterocycles. The van der Waals surface area contributed by atoms with Crippen LogP contribution in [0.4, 0.5) is 0 Å². The number of benzene rings is 1. The first-order valence-corrected chi connectivity index (χ1v) is 7.92. The monoisotopic (exact) mass is 441 g/mol. The summed E-state index contributed by atoms with van der Waals surface area (Å²) in [5.74, 6) is 3.61. The zero-order valence-electron chi connectivity index (χ0n) is 14.3. The molecule has 5 nitrogen and oxygen atoms in total. The molecule has 0 saturated carbocycles. The number of nitrogens with zero attached hydrogens (tertiary/aromatic N) is 1. The fourth-order valence-corrected chi connectivity index (χ4v) is 2.89. The van der Waals surface area contributed by atoms with Crippen molar-refractivity contribution in [3.05, 3.63) is 53.0 Å². The second kappa shape index (κ2) is 8.41. The molecule has 0 fully saturated rings. The number of rotatable bonds is 3. The molecule has 130 valence electrons. The zero-order valence-corrected chi connectivity index (χ0v) is 16.6. The Morgan fingerprint density at radius 3 is 2.79 bits per heavy atom. The van der Waals surface area contributed by atoms with Gasteiger partial charge in [-0.05, 0) is 26.0 Å². The number of ether oxygens (including phenoxy) is 1. The predicted molar refractivity (Wildman–Crippen MR) is 106 cm³/mol. The van der Waals surface area contributed by atoms with Gasteiger partial charge in [0.1, 0.15) is 17.3 Å². The van der Waals surface area contributed by atoms with Crippen molar-refractivity contribution in [2.75, 3.05) is 13.7 Å². The number of fused-ring (bicyclic) bond motifs is 1. The van der Waals surface area contributed by atoms with Crippen LogP contribution in [0.5, 0.6) is 5.75 Å². The van der Waals surface area contributed by atoms with E-state index in [1.165, 1.54) is 5.56 Å². The van der Waals surface area contributed by atoms with Crippen LogP contribution < -0.4 is 15.4 Å². The van der Waals surface area contributed by atoms with Gasteiger partial charge in [-0.3, -0.25) is 4.99 Å². The molecule has 0 radical (unpaired) electrons. The Labute approximate surface area is 159 Å². The normalized spacial score (nSPS) is 16.6. The Bertz CT molecular complexity index is 712. The van der Waals surface area contributed by atoms with E-state index in [2.05, 4.69) is 27.8 Å². The van der Waals surface area contributed by atoms with Crippen LogP contribution in [0, 0.1) is 13.8 Å². The molecule has 0 bridgehead atoms. The molecule has 3 rings (SSSR count). The molecule has 2 heterocycles. The van der Waals surface area contributed by atoms with Crippen LogP contribution >= 0.6 is 24.0 Å². The third-order valence-electron chi connectivity index (χ3n) is 4.08. The lowest BCUT2D eigenvalue weighted by Crippen LogP contribution is -2.40. The highest BCUT2D eigenvalue weighted by molar-refractivity contribution is 14.0. The van der Waals surface area contributed by atoms with Gasteiger partial charge in [-0.25, -0.2) is 0 Å². The number of aliphatic imine (C=N–C) groups is 1. The molecular weight excluding hydrogens is 417 g/mol. The molecule has 6 heteroatoms. The summed E-state index contributed by atoms with van der Waals surface area (Å²) < 4.78 is 11.3. The highest BCUT2D eigenvalue weighted by atomic mass is 127. The predicted octanol–water partition coefficient (Wildman–Crippen LogP) is 3.70. The summed E-state index contributed by atoms with van der Waals surface area (Å²) in [5, 5.41) is 6.84. The molecule has 1 unspecified atom stereocenters.